The van der Waals surface area contributed by atoms with Gasteiger partial charge < -0.3 is 10.1 Å². The molecule has 1 aromatic heterocycles. The van der Waals surface area contributed by atoms with E-state index in [-0.39, 0.29) is 18.1 Å². The molecule has 8 heteroatoms. The molecule has 1 amide bonds. The van der Waals surface area contributed by atoms with Gasteiger partial charge >= 0.3 is 0 Å². The number of carbonyl (C=O) groups is 2. The average Bonchev–Trinajstić information content (AvgIpc) is 3.26. The zero-order chi connectivity index (χ0) is 17.6. The van der Waals surface area contributed by atoms with Crippen molar-refractivity contribution in [1.29, 1.82) is 0 Å². The molecule has 1 atom stereocenters. The van der Waals surface area contributed by atoms with Crippen LogP contribution in [-0.4, -0.2) is 35.4 Å². The molecule has 128 valence electrons. The Kier molecular flexibility index (Phi) is 5.62. The molecule has 1 fully saturated rings. The van der Waals surface area contributed by atoms with Crippen molar-refractivity contribution in [3.63, 3.8) is 0 Å². The molecule has 1 saturated heterocycles. The predicted octanol–water partition coefficient (Wildman–Crippen LogP) is 2.95. The first-order valence-corrected chi connectivity index (χ1v) is 9.21. The Morgan fingerprint density at radius 2 is 2.12 bits per heavy atom. The molecule has 25 heavy (non-hydrogen) atoms. The SMILES string of the molecule is COc1ccc(/C=N/N=C2\NC(=O)C(CC(=O)c3cccs3)S2)cc1. The van der Waals surface area contributed by atoms with Crippen LogP contribution >= 0.6 is 23.1 Å². The molecule has 2 heterocycles. The predicted molar refractivity (Wildman–Crippen MR) is 101 cm³/mol. The molecule has 1 unspecified atom stereocenters. The maximum absolute atomic E-state index is 12.1. The van der Waals surface area contributed by atoms with E-state index in [0.29, 0.717) is 10.0 Å². The summed E-state index contributed by atoms with van der Waals surface area (Å²) >= 11 is 2.60. The number of benzene rings is 1. The van der Waals surface area contributed by atoms with Crippen molar-refractivity contribution in [3.8, 4) is 5.75 Å². The second kappa shape index (κ2) is 8.09. The lowest BCUT2D eigenvalue weighted by Gasteiger charge is -2.02. The molecule has 1 aliphatic heterocycles. The van der Waals surface area contributed by atoms with Crippen LogP contribution in [0.4, 0.5) is 0 Å². The molecule has 0 radical (unpaired) electrons. The van der Waals surface area contributed by atoms with Gasteiger partial charge in [0.25, 0.3) is 0 Å². The van der Waals surface area contributed by atoms with Gasteiger partial charge in [-0.25, -0.2) is 0 Å². The number of amidine groups is 1. The van der Waals surface area contributed by atoms with E-state index in [1.165, 1.54) is 23.1 Å². The number of nitrogens with one attached hydrogen (secondary N) is 1. The minimum atomic E-state index is -0.468. The minimum absolute atomic E-state index is 0.0364. The second-order valence-corrected chi connectivity index (χ2v) is 7.26. The summed E-state index contributed by atoms with van der Waals surface area (Å²) in [4.78, 5) is 24.7. The van der Waals surface area contributed by atoms with E-state index in [1.807, 2.05) is 35.7 Å². The van der Waals surface area contributed by atoms with Gasteiger partial charge in [0.05, 0.1) is 23.5 Å². The van der Waals surface area contributed by atoms with Gasteiger partial charge in [0.2, 0.25) is 5.91 Å². The van der Waals surface area contributed by atoms with Crippen LogP contribution in [0.25, 0.3) is 0 Å². The molecule has 6 nitrogen and oxygen atoms in total. The van der Waals surface area contributed by atoms with E-state index in [0.717, 1.165) is 11.3 Å². The number of methoxy groups -OCH3 is 1. The van der Waals surface area contributed by atoms with Crippen molar-refractivity contribution in [2.45, 2.75) is 11.7 Å². The Morgan fingerprint density at radius 1 is 1.32 bits per heavy atom. The molecular weight excluding hydrogens is 358 g/mol. The zero-order valence-electron chi connectivity index (χ0n) is 13.3. The number of Topliss-reactive ketones (excluding diaryl/α,β-unsaturated/α-hetero) is 1. The van der Waals surface area contributed by atoms with Crippen LogP contribution in [0.3, 0.4) is 0 Å². The van der Waals surface area contributed by atoms with Crippen molar-refractivity contribution in [2.24, 2.45) is 10.2 Å². The van der Waals surface area contributed by atoms with E-state index in [1.54, 1.807) is 19.4 Å². The van der Waals surface area contributed by atoms with Crippen molar-refractivity contribution < 1.29 is 14.3 Å². The number of ketones is 1. The van der Waals surface area contributed by atoms with E-state index >= 15 is 0 Å². The number of ether oxygens (including phenoxy) is 1. The standard InChI is InChI=1S/C17H15N3O3S2/c1-23-12-6-4-11(5-7-12)10-18-20-17-19-16(22)15(25-17)9-13(21)14-3-2-8-24-14/h2-8,10,15H,9H2,1H3,(H,19,20,22)/b18-10+. The van der Waals surface area contributed by atoms with E-state index in [9.17, 15) is 9.59 Å². The van der Waals surface area contributed by atoms with E-state index in [4.69, 9.17) is 4.74 Å². The third-order valence-electron chi connectivity index (χ3n) is 3.41. The lowest BCUT2D eigenvalue weighted by atomic mass is 10.2. The molecule has 3 rings (SSSR count). The van der Waals surface area contributed by atoms with Crippen LogP contribution in [0, 0.1) is 0 Å². The van der Waals surface area contributed by atoms with Crippen molar-refractivity contribution in [2.75, 3.05) is 7.11 Å². The monoisotopic (exact) mass is 373 g/mol. The smallest absolute Gasteiger partial charge is 0.240 e. The van der Waals surface area contributed by atoms with Crippen LogP contribution in [0.1, 0.15) is 21.7 Å². The van der Waals surface area contributed by atoms with Crippen molar-refractivity contribution in [3.05, 3.63) is 52.2 Å². The first kappa shape index (κ1) is 17.4. The van der Waals surface area contributed by atoms with Crippen molar-refractivity contribution >= 4 is 46.2 Å². The number of hydrogen-bond acceptors (Lipinski definition) is 7. The van der Waals surface area contributed by atoms with Gasteiger partial charge in [-0.3, -0.25) is 9.59 Å². The van der Waals surface area contributed by atoms with Crippen LogP contribution in [0.15, 0.2) is 52.0 Å². The second-order valence-electron chi connectivity index (χ2n) is 5.12. The van der Waals surface area contributed by atoms with Crippen LogP contribution in [0.5, 0.6) is 5.75 Å². The van der Waals surface area contributed by atoms with E-state index < -0.39 is 5.25 Å². The highest BCUT2D eigenvalue weighted by Gasteiger charge is 2.32. The Balaban J connectivity index is 1.58. The molecule has 0 aliphatic carbocycles. The lowest BCUT2D eigenvalue weighted by Crippen LogP contribution is -2.26. The summed E-state index contributed by atoms with van der Waals surface area (Å²) in [7, 11) is 1.61. The number of carbonyl (C=O) groups excluding carboxylic acids is 2. The van der Waals surface area contributed by atoms with Gasteiger partial charge in [-0.05, 0) is 41.3 Å². The average molecular weight is 373 g/mol. The summed E-state index contributed by atoms with van der Waals surface area (Å²) in [5, 5.41) is 12.4. The summed E-state index contributed by atoms with van der Waals surface area (Å²) < 4.78 is 5.09. The molecular formula is C17H15N3O3S2. The summed E-state index contributed by atoms with van der Waals surface area (Å²) in [5.41, 5.74) is 0.865. The van der Waals surface area contributed by atoms with E-state index in [2.05, 4.69) is 15.5 Å². The minimum Gasteiger partial charge on any atom is -0.497 e. The number of thioether (sulfide) groups is 1. The number of rotatable bonds is 6. The molecule has 0 spiro atoms. The van der Waals surface area contributed by atoms with Crippen LogP contribution in [0.2, 0.25) is 0 Å². The van der Waals surface area contributed by atoms with Gasteiger partial charge in [0.1, 0.15) is 5.75 Å². The lowest BCUT2D eigenvalue weighted by molar-refractivity contribution is -0.118. The Labute approximate surface area is 153 Å². The summed E-state index contributed by atoms with van der Waals surface area (Å²) in [6.45, 7) is 0. The molecule has 1 aromatic carbocycles. The largest absolute Gasteiger partial charge is 0.497 e. The summed E-state index contributed by atoms with van der Waals surface area (Å²) in [6.07, 6.45) is 1.74. The maximum atomic E-state index is 12.1. The molecule has 2 aromatic rings. The van der Waals surface area contributed by atoms with Gasteiger partial charge in [0.15, 0.2) is 11.0 Å². The highest BCUT2D eigenvalue weighted by molar-refractivity contribution is 8.15. The quantitative estimate of drug-likeness (QED) is 0.480. The normalized spacial score (nSPS) is 18.7. The van der Waals surface area contributed by atoms with Crippen LogP contribution in [-0.2, 0) is 4.79 Å². The number of amides is 1. The van der Waals surface area contributed by atoms with Crippen molar-refractivity contribution in [1.82, 2.24) is 5.32 Å². The summed E-state index contributed by atoms with van der Waals surface area (Å²) in [5.74, 6) is 0.513. The number of thiophene rings is 1. The van der Waals surface area contributed by atoms with Gasteiger partial charge in [-0.2, -0.15) is 5.10 Å². The fraction of sp³-hybridized carbons (Fsp3) is 0.176. The highest BCUT2D eigenvalue weighted by atomic mass is 32.2. The van der Waals surface area contributed by atoms with Crippen LogP contribution < -0.4 is 10.1 Å². The molecule has 1 aliphatic rings. The summed E-state index contributed by atoms with van der Waals surface area (Å²) in [6, 6.07) is 10.9. The Morgan fingerprint density at radius 3 is 2.80 bits per heavy atom. The highest BCUT2D eigenvalue weighted by Crippen LogP contribution is 2.25. The van der Waals surface area contributed by atoms with Gasteiger partial charge in [-0.1, -0.05) is 17.8 Å². The number of nitrogens with zero attached hydrogens (tertiary/aromatic N) is 2. The Hall–Kier alpha value is -2.45. The first-order chi connectivity index (χ1) is 12.2. The molecule has 0 bridgehead atoms. The maximum Gasteiger partial charge on any atom is 0.240 e. The fourth-order valence-electron chi connectivity index (χ4n) is 2.13. The Bertz CT molecular complexity index is 814. The van der Waals surface area contributed by atoms with Gasteiger partial charge in [0, 0.05) is 6.42 Å². The zero-order valence-corrected chi connectivity index (χ0v) is 15.0. The molecule has 1 N–H and O–H groups in total. The molecule has 0 saturated carbocycles. The third kappa shape index (κ3) is 4.55. The van der Waals surface area contributed by atoms with Gasteiger partial charge in [-0.15, -0.1) is 16.4 Å². The fourth-order valence-corrected chi connectivity index (χ4v) is 3.73. The number of hydrogen-bond donors (Lipinski definition) is 1. The third-order valence-corrected chi connectivity index (χ3v) is 5.40. The topological polar surface area (TPSA) is 80.1 Å². The first-order valence-electron chi connectivity index (χ1n) is 7.45.